The Labute approximate surface area is 158 Å². The number of benzene rings is 1. The normalized spacial score (nSPS) is 18.5. The first-order valence-corrected chi connectivity index (χ1v) is 10.2. The lowest BCUT2D eigenvalue weighted by Gasteiger charge is -2.26. The third kappa shape index (κ3) is 3.90. The molecule has 0 spiro atoms. The fourth-order valence-electron chi connectivity index (χ4n) is 2.98. The summed E-state index contributed by atoms with van der Waals surface area (Å²) in [4.78, 5) is 27.1. The smallest absolute Gasteiger partial charge is 0.243 e. The minimum atomic E-state index is -0.394. The van der Waals surface area contributed by atoms with Gasteiger partial charge in [-0.3, -0.25) is 9.59 Å². The lowest BCUT2D eigenvalue weighted by molar-refractivity contribution is -0.137. The third-order valence-corrected chi connectivity index (χ3v) is 6.04. The molecule has 2 heterocycles. The first-order valence-electron chi connectivity index (χ1n) is 9.01. The summed E-state index contributed by atoms with van der Waals surface area (Å²) in [7, 11) is 0. The second kappa shape index (κ2) is 7.74. The van der Waals surface area contributed by atoms with Crippen molar-refractivity contribution < 1.29 is 14.0 Å². The average molecular weight is 375 g/mol. The van der Waals surface area contributed by atoms with Crippen LogP contribution in [0.3, 0.4) is 0 Å². The highest BCUT2D eigenvalue weighted by atomic mass is 32.2. The number of thioether (sulfide) groups is 1. The molecule has 3 rings (SSSR count). The largest absolute Gasteiger partial charge is 0.464 e. The molecule has 140 valence electrons. The number of nitrogens with zero attached hydrogens (tertiary/aromatic N) is 1. The summed E-state index contributed by atoms with van der Waals surface area (Å²) >= 11 is 1.62. The van der Waals surface area contributed by atoms with Crippen LogP contribution in [0.4, 0.5) is 0 Å². The van der Waals surface area contributed by atoms with Gasteiger partial charge in [-0.25, -0.2) is 0 Å². The van der Waals surface area contributed by atoms with E-state index in [0.717, 1.165) is 22.1 Å². The Morgan fingerprint density at radius 3 is 2.85 bits per heavy atom. The Hall–Kier alpha value is -1.95. The number of carbonyl (C=O) groups is 2. The first-order chi connectivity index (χ1) is 12.4. The molecule has 6 heteroatoms. The van der Waals surface area contributed by atoms with Crippen LogP contribution in [0.15, 0.2) is 28.9 Å². The monoisotopic (exact) mass is 374 g/mol. The van der Waals surface area contributed by atoms with E-state index in [4.69, 9.17) is 4.42 Å². The predicted molar refractivity (Wildman–Crippen MR) is 105 cm³/mol. The highest BCUT2D eigenvalue weighted by Gasteiger charge is 2.35. The molecule has 0 saturated carbocycles. The van der Waals surface area contributed by atoms with E-state index in [-0.39, 0.29) is 24.3 Å². The lowest BCUT2D eigenvalue weighted by Crippen LogP contribution is -2.50. The number of carbonyl (C=O) groups excluding carboxylic acids is 2. The molecule has 1 aromatic heterocycles. The van der Waals surface area contributed by atoms with E-state index in [0.29, 0.717) is 17.5 Å². The van der Waals surface area contributed by atoms with Crippen LogP contribution in [0.2, 0.25) is 0 Å². The zero-order valence-corrected chi connectivity index (χ0v) is 16.6. The molecule has 1 aromatic carbocycles. The maximum absolute atomic E-state index is 12.8. The zero-order valence-electron chi connectivity index (χ0n) is 15.7. The maximum Gasteiger partial charge on any atom is 0.243 e. The number of nitrogens with one attached hydrogen (secondary N) is 1. The SMILES string of the molecule is Cc1ccc2c(CC(=O)N3CSCC3C(=O)NC(C)C(C)C)coc2c1. The van der Waals surface area contributed by atoms with Gasteiger partial charge in [0.25, 0.3) is 0 Å². The van der Waals surface area contributed by atoms with Gasteiger partial charge in [0.2, 0.25) is 11.8 Å². The highest BCUT2D eigenvalue weighted by molar-refractivity contribution is 7.99. The molecular weight excluding hydrogens is 348 g/mol. The summed E-state index contributed by atoms with van der Waals surface area (Å²) < 4.78 is 5.59. The summed E-state index contributed by atoms with van der Waals surface area (Å²) in [6, 6.07) is 5.67. The first kappa shape index (κ1) is 18.8. The van der Waals surface area contributed by atoms with Crippen molar-refractivity contribution in [3.8, 4) is 0 Å². The van der Waals surface area contributed by atoms with E-state index in [1.54, 1.807) is 22.9 Å². The second-order valence-electron chi connectivity index (χ2n) is 7.36. The van der Waals surface area contributed by atoms with Gasteiger partial charge in [-0.1, -0.05) is 26.0 Å². The molecule has 0 aliphatic carbocycles. The van der Waals surface area contributed by atoms with Crippen LogP contribution in [-0.2, 0) is 16.0 Å². The summed E-state index contributed by atoms with van der Waals surface area (Å²) in [6.45, 7) is 8.15. The predicted octanol–water partition coefficient (Wildman–Crippen LogP) is 3.35. The topological polar surface area (TPSA) is 62.6 Å². The van der Waals surface area contributed by atoms with E-state index < -0.39 is 6.04 Å². The van der Waals surface area contributed by atoms with Crippen LogP contribution >= 0.6 is 11.8 Å². The third-order valence-electron chi connectivity index (χ3n) is 5.03. The zero-order chi connectivity index (χ0) is 18.8. The van der Waals surface area contributed by atoms with Gasteiger partial charge in [0, 0.05) is 22.7 Å². The Morgan fingerprint density at radius 2 is 2.12 bits per heavy atom. The molecule has 0 bridgehead atoms. The molecule has 1 fully saturated rings. The number of rotatable bonds is 5. The molecular formula is C20H26N2O3S. The van der Waals surface area contributed by atoms with Crippen LogP contribution in [0, 0.1) is 12.8 Å². The molecule has 1 aliphatic rings. The summed E-state index contributed by atoms with van der Waals surface area (Å²) in [5, 5.41) is 4.00. The van der Waals surface area contributed by atoms with Crippen LogP contribution < -0.4 is 5.32 Å². The van der Waals surface area contributed by atoms with Gasteiger partial charge in [-0.15, -0.1) is 11.8 Å². The summed E-state index contributed by atoms with van der Waals surface area (Å²) in [6.07, 6.45) is 1.90. The Morgan fingerprint density at radius 1 is 1.35 bits per heavy atom. The van der Waals surface area contributed by atoms with Crippen molar-refractivity contribution in [2.75, 3.05) is 11.6 Å². The quantitative estimate of drug-likeness (QED) is 0.872. The average Bonchev–Trinajstić information content (AvgIpc) is 3.21. The van der Waals surface area contributed by atoms with Crippen LogP contribution in [-0.4, -0.2) is 40.4 Å². The van der Waals surface area contributed by atoms with Crippen LogP contribution in [0.1, 0.15) is 31.9 Å². The van der Waals surface area contributed by atoms with E-state index in [9.17, 15) is 9.59 Å². The number of fused-ring (bicyclic) bond motifs is 1. The second-order valence-corrected chi connectivity index (χ2v) is 8.36. The molecule has 26 heavy (non-hydrogen) atoms. The van der Waals surface area contributed by atoms with Gasteiger partial charge < -0.3 is 14.6 Å². The maximum atomic E-state index is 12.8. The molecule has 1 saturated heterocycles. The van der Waals surface area contributed by atoms with Gasteiger partial charge in [0.1, 0.15) is 11.6 Å². The number of amides is 2. The number of hydrogen-bond donors (Lipinski definition) is 1. The Bertz CT molecular complexity index is 814. The van der Waals surface area contributed by atoms with Gasteiger partial charge >= 0.3 is 0 Å². The lowest BCUT2D eigenvalue weighted by atomic mass is 10.1. The Kier molecular flexibility index (Phi) is 5.61. The van der Waals surface area contributed by atoms with Crippen molar-refractivity contribution in [2.45, 2.75) is 46.2 Å². The number of hydrogen-bond acceptors (Lipinski definition) is 4. The van der Waals surface area contributed by atoms with E-state index in [1.165, 1.54) is 0 Å². The van der Waals surface area contributed by atoms with Crippen LogP contribution in [0.5, 0.6) is 0 Å². The molecule has 0 radical (unpaired) electrons. The standard InChI is InChI=1S/C20H26N2O3S/c1-12(2)14(4)21-20(24)17-10-26-11-22(17)19(23)8-15-9-25-18-7-13(3)5-6-16(15)18/h5-7,9,12,14,17H,8,10-11H2,1-4H3,(H,21,24). The summed E-state index contributed by atoms with van der Waals surface area (Å²) in [5.41, 5.74) is 2.79. The molecule has 5 nitrogen and oxygen atoms in total. The Balaban J connectivity index is 1.70. The van der Waals surface area contributed by atoms with Gasteiger partial charge in [-0.2, -0.15) is 0 Å². The van der Waals surface area contributed by atoms with E-state index in [1.807, 2.05) is 32.0 Å². The molecule has 1 aliphatic heterocycles. The molecule has 2 aromatic rings. The summed E-state index contributed by atoms with van der Waals surface area (Å²) in [5.74, 6) is 1.47. The number of furan rings is 1. The van der Waals surface area contributed by atoms with E-state index >= 15 is 0 Å². The van der Waals surface area contributed by atoms with Crippen molar-refractivity contribution in [1.82, 2.24) is 10.2 Å². The minimum Gasteiger partial charge on any atom is -0.464 e. The minimum absolute atomic E-state index is 0.0318. The van der Waals surface area contributed by atoms with Crippen molar-refractivity contribution in [2.24, 2.45) is 5.92 Å². The van der Waals surface area contributed by atoms with Crippen molar-refractivity contribution in [3.63, 3.8) is 0 Å². The fourth-order valence-corrected chi connectivity index (χ4v) is 4.17. The van der Waals surface area contributed by atoms with Crippen molar-refractivity contribution in [3.05, 3.63) is 35.6 Å². The van der Waals surface area contributed by atoms with Gasteiger partial charge in [0.15, 0.2) is 0 Å². The molecule has 2 unspecified atom stereocenters. The van der Waals surface area contributed by atoms with E-state index in [2.05, 4.69) is 19.2 Å². The fraction of sp³-hybridized carbons (Fsp3) is 0.500. The van der Waals surface area contributed by atoms with Crippen molar-refractivity contribution >= 4 is 34.5 Å². The van der Waals surface area contributed by atoms with Crippen molar-refractivity contribution in [1.29, 1.82) is 0 Å². The molecule has 1 N–H and O–H groups in total. The van der Waals surface area contributed by atoms with Gasteiger partial charge in [0.05, 0.1) is 18.6 Å². The molecule has 2 amide bonds. The number of aryl methyl sites for hydroxylation is 1. The highest BCUT2D eigenvalue weighted by Crippen LogP contribution is 2.26. The molecule has 2 atom stereocenters. The van der Waals surface area contributed by atoms with Gasteiger partial charge in [-0.05, 0) is 31.4 Å². The van der Waals surface area contributed by atoms with Crippen LogP contribution in [0.25, 0.3) is 11.0 Å².